The molecular weight excluding hydrogens is 170 g/mol. The Morgan fingerprint density at radius 1 is 1.36 bits per heavy atom. The summed E-state index contributed by atoms with van der Waals surface area (Å²) in [5, 5.41) is 3.62. The zero-order chi connectivity index (χ0) is 10.6. The average Bonchev–Trinajstić information content (AvgIpc) is 2.18. The lowest BCUT2D eigenvalue weighted by Gasteiger charge is -2.36. The van der Waals surface area contributed by atoms with Gasteiger partial charge in [-0.05, 0) is 31.1 Å². The van der Waals surface area contributed by atoms with Crippen LogP contribution in [0.3, 0.4) is 0 Å². The quantitative estimate of drug-likeness (QED) is 0.680. The summed E-state index contributed by atoms with van der Waals surface area (Å²) < 4.78 is 0. The lowest BCUT2D eigenvalue weighted by Crippen LogP contribution is -2.47. The minimum absolute atomic E-state index is 0.267. The Balaban J connectivity index is 2.51. The van der Waals surface area contributed by atoms with Crippen LogP contribution in [-0.4, -0.2) is 12.1 Å². The number of hydrogen-bond acceptors (Lipinski definition) is 1. The van der Waals surface area contributed by atoms with Crippen LogP contribution in [-0.2, 0) is 0 Å². The van der Waals surface area contributed by atoms with Gasteiger partial charge in [-0.2, -0.15) is 0 Å². The zero-order valence-electron chi connectivity index (χ0n) is 9.72. The third-order valence-corrected chi connectivity index (χ3v) is 3.55. The molecule has 0 aromatic heterocycles. The summed E-state index contributed by atoms with van der Waals surface area (Å²) in [6.45, 7) is 6.84. The molecule has 0 aliphatic heterocycles. The van der Waals surface area contributed by atoms with E-state index in [9.17, 15) is 0 Å². The van der Waals surface area contributed by atoms with E-state index >= 15 is 0 Å². The number of terminal acetylenes is 1. The van der Waals surface area contributed by atoms with Crippen LogP contribution in [0.25, 0.3) is 0 Å². The molecule has 0 bridgehead atoms. The molecule has 80 valence electrons. The van der Waals surface area contributed by atoms with Crippen LogP contribution >= 0.6 is 0 Å². The fraction of sp³-hybridized carbons (Fsp3) is 0.846. The predicted molar refractivity (Wildman–Crippen MR) is 62.0 cm³/mol. The maximum Gasteiger partial charge on any atom is 0.0686 e. The van der Waals surface area contributed by atoms with Gasteiger partial charge in [-0.1, -0.05) is 33.1 Å². The van der Waals surface area contributed by atoms with Crippen LogP contribution in [0.4, 0.5) is 0 Å². The lowest BCUT2D eigenvalue weighted by atomic mass is 9.78. The van der Waals surface area contributed by atoms with Gasteiger partial charge >= 0.3 is 0 Å². The van der Waals surface area contributed by atoms with E-state index in [1.54, 1.807) is 0 Å². The lowest BCUT2D eigenvalue weighted by molar-refractivity contribution is 0.201. The first-order chi connectivity index (χ1) is 6.69. The molecule has 1 fully saturated rings. The molecule has 0 saturated heterocycles. The summed E-state index contributed by atoms with van der Waals surface area (Å²) >= 11 is 0. The molecule has 1 aliphatic carbocycles. The first kappa shape index (κ1) is 11.6. The normalized spacial score (nSPS) is 34.9. The van der Waals surface area contributed by atoms with Crippen LogP contribution in [0.15, 0.2) is 0 Å². The van der Waals surface area contributed by atoms with E-state index < -0.39 is 0 Å². The Kier molecular flexibility index (Phi) is 4.48. The van der Waals surface area contributed by atoms with E-state index in [0.29, 0.717) is 6.04 Å². The van der Waals surface area contributed by atoms with E-state index in [2.05, 4.69) is 32.0 Å². The first-order valence-electron chi connectivity index (χ1n) is 5.91. The molecular formula is C13H23N. The van der Waals surface area contributed by atoms with Crippen molar-refractivity contribution in [3.63, 3.8) is 0 Å². The molecule has 1 rings (SSSR count). The van der Waals surface area contributed by atoms with Crippen molar-refractivity contribution in [2.45, 2.75) is 58.5 Å². The number of rotatable bonds is 3. The van der Waals surface area contributed by atoms with Crippen LogP contribution in [0.1, 0.15) is 46.5 Å². The van der Waals surface area contributed by atoms with E-state index in [4.69, 9.17) is 6.42 Å². The maximum atomic E-state index is 5.48. The van der Waals surface area contributed by atoms with Gasteiger partial charge in [0.15, 0.2) is 0 Å². The highest BCUT2D eigenvalue weighted by atomic mass is 15.0. The fourth-order valence-electron chi connectivity index (χ4n) is 2.53. The highest BCUT2D eigenvalue weighted by Gasteiger charge is 2.28. The van der Waals surface area contributed by atoms with Gasteiger partial charge in [-0.15, -0.1) is 6.42 Å². The SMILES string of the molecule is C#CC(CC)NC1C(C)CCCC1C. The predicted octanol–water partition coefficient (Wildman–Crippen LogP) is 2.81. The van der Waals surface area contributed by atoms with E-state index in [-0.39, 0.29) is 6.04 Å². The maximum absolute atomic E-state index is 5.48. The molecule has 0 radical (unpaired) electrons. The van der Waals surface area contributed by atoms with Crippen LogP contribution < -0.4 is 5.32 Å². The van der Waals surface area contributed by atoms with Crippen molar-refractivity contribution in [1.29, 1.82) is 0 Å². The molecule has 1 saturated carbocycles. The monoisotopic (exact) mass is 193 g/mol. The molecule has 0 spiro atoms. The molecule has 0 amide bonds. The Morgan fingerprint density at radius 3 is 2.36 bits per heavy atom. The van der Waals surface area contributed by atoms with Crippen molar-refractivity contribution in [3.8, 4) is 12.3 Å². The fourth-order valence-corrected chi connectivity index (χ4v) is 2.53. The molecule has 3 unspecified atom stereocenters. The Bertz CT molecular complexity index is 194. The standard InChI is InChI=1S/C13H23N/c1-5-12(6-2)14-13-10(3)8-7-9-11(13)4/h1,10-14H,6-9H2,2-4H3. The molecule has 0 aromatic rings. The van der Waals surface area contributed by atoms with Crippen molar-refractivity contribution in [2.75, 3.05) is 0 Å². The molecule has 0 aromatic carbocycles. The van der Waals surface area contributed by atoms with Gasteiger partial charge in [0, 0.05) is 6.04 Å². The minimum Gasteiger partial charge on any atom is -0.300 e. The highest BCUT2D eigenvalue weighted by Crippen LogP contribution is 2.29. The molecule has 3 atom stereocenters. The molecule has 1 nitrogen and oxygen atoms in total. The summed E-state index contributed by atoms with van der Waals surface area (Å²) in [4.78, 5) is 0. The second-order valence-electron chi connectivity index (χ2n) is 4.71. The van der Waals surface area contributed by atoms with E-state index in [1.807, 2.05) is 0 Å². The van der Waals surface area contributed by atoms with Gasteiger partial charge in [0.25, 0.3) is 0 Å². The summed E-state index contributed by atoms with van der Waals surface area (Å²) in [5.41, 5.74) is 0. The van der Waals surface area contributed by atoms with Crippen LogP contribution in [0.5, 0.6) is 0 Å². The molecule has 1 heteroatoms. The van der Waals surface area contributed by atoms with E-state index in [1.165, 1.54) is 19.3 Å². The summed E-state index contributed by atoms with van der Waals surface area (Å²) in [6.07, 6.45) is 10.6. The topological polar surface area (TPSA) is 12.0 Å². The van der Waals surface area contributed by atoms with Crippen molar-refractivity contribution >= 4 is 0 Å². The van der Waals surface area contributed by atoms with Gasteiger partial charge < -0.3 is 5.32 Å². The largest absolute Gasteiger partial charge is 0.300 e. The third kappa shape index (κ3) is 2.75. The van der Waals surface area contributed by atoms with Crippen molar-refractivity contribution < 1.29 is 0 Å². The average molecular weight is 193 g/mol. The van der Waals surface area contributed by atoms with Crippen molar-refractivity contribution in [1.82, 2.24) is 5.32 Å². The number of hydrogen-bond donors (Lipinski definition) is 1. The molecule has 1 aliphatic rings. The first-order valence-corrected chi connectivity index (χ1v) is 5.91. The number of nitrogens with one attached hydrogen (secondary N) is 1. The molecule has 14 heavy (non-hydrogen) atoms. The van der Waals surface area contributed by atoms with Gasteiger partial charge in [0.2, 0.25) is 0 Å². The van der Waals surface area contributed by atoms with Crippen molar-refractivity contribution in [3.05, 3.63) is 0 Å². The minimum atomic E-state index is 0.267. The van der Waals surface area contributed by atoms with Gasteiger partial charge in [0.05, 0.1) is 6.04 Å². The highest BCUT2D eigenvalue weighted by molar-refractivity contribution is 5.00. The Hall–Kier alpha value is -0.480. The van der Waals surface area contributed by atoms with Crippen LogP contribution in [0, 0.1) is 24.2 Å². The molecule has 1 N–H and O–H groups in total. The van der Waals surface area contributed by atoms with Crippen molar-refractivity contribution in [2.24, 2.45) is 11.8 Å². The Labute approximate surface area is 88.7 Å². The zero-order valence-corrected chi connectivity index (χ0v) is 9.72. The second-order valence-corrected chi connectivity index (χ2v) is 4.71. The molecule has 0 heterocycles. The third-order valence-electron chi connectivity index (χ3n) is 3.55. The summed E-state index contributed by atoms with van der Waals surface area (Å²) in [6, 6.07) is 0.896. The summed E-state index contributed by atoms with van der Waals surface area (Å²) in [7, 11) is 0. The van der Waals surface area contributed by atoms with E-state index in [0.717, 1.165) is 18.3 Å². The Morgan fingerprint density at radius 2 is 1.93 bits per heavy atom. The van der Waals surface area contributed by atoms with Gasteiger partial charge in [0.1, 0.15) is 0 Å². The second kappa shape index (κ2) is 5.41. The van der Waals surface area contributed by atoms with Gasteiger partial charge in [-0.25, -0.2) is 0 Å². The van der Waals surface area contributed by atoms with Gasteiger partial charge in [-0.3, -0.25) is 0 Å². The summed E-state index contributed by atoms with van der Waals surface area (Å²) in [5.74, 6) is 4.39. The van der Waals surface area contributed by atoms with Crippen LogP contribution in [0.2, 0.25) is 0 Å². The smallest absolute Gasteiger partial charge is 0.0686 e.